The minimum Gasteiger partial charge on any atom is -0.218 e. The Labute approximate surface area is 99.9 Å². The molecule has 82 valence electrons. The molecule has 0 aliphatic carbocycles. The molecule has 6 heteroatoms. The summed E-state index contributed by atoms with van der Waals surface area (Å²) in [4.78, 5) is 7.38. The number of hydrogen-bond acceptors (Lipinski definition) is 2. The Bertz CT molecular complexity index is 526. The number of aromatic nitrogens is 2. The first-order valence-electron chi connectivity index (χ1n) is 4.22. The van der Waals surface area contributed by atoms with Gasteiger partial charge in [0.1, 0.15) is 16.8 Å². The second kappa shape index (κ2) is 4.31. The molecule has 0 bridgehead atoms. The topological polar surface area (TPSA) is 25.8 Å². The summed E-state index contributed by atoms with van der Waals surface area (Å²) >= 11 is 11.2. The van der Waals surface area contributed by atoms with E-state index >= 15 is 0 Å². The quantitative estimate of drug-likeness (QED) is 0.577. The zero-order valence-electron chi connectivity index (χ0n) is 7.72. The monoisotopic (exact) mass is 260 g/mol. The van der Waals surface area contributed by atoms with Crippen molar-refractivity contribution in [3.8, 4) is 11.3 Å². The molecule has 2 rings (SSSR count). The van der Waals surface area contributed by atoms with Crippen LogP contribution in [0.1, 0.15) is 0 Å². The fourth-order valence-electron chi connectivity index (χ4n) is 1.22. The van der Waals surface area contributed by atoms with Crippen molar-refractivity contribution < 1.29 is 8.78 Å². The van der Waals surface area contributed by atoms with E-state index in [-0.39, 0.29) is 21.7 Å². The Balaban J connectivity index is 2.62. The lowest BCUT2D eigenvalue weighted by atomic mass is 10.1. The molecule has 0 unspecified atom stereocenters. The minimum atomic E-state index is -0.604. The predicted octanol–water partition coefficient (Wildman–Crippen LogP) is 3.73. The zero-order chi connectivity index (χ0) is 11.7. The van der Waals surface area contributed by atoms with Gasteiger partial charge < -0.3 is 0 Å². The van der Waals surface area contributed by atoms with Gasteiger partial charge in [0.15, 0.2) is 0 Å². The predicted molar refractivity (Wildman–Crippen MR) is 57.4 cm³/mol. The smallest absolute Gasteiger partial charge is 0.218 e. The lowest BCUT2D eigenvalue weighted by Gasteiger charge is -2.03. The van der Waals surface area contributed by atoms with Gasteiger partial charge in [-0.2, -0.15) is 0 Å². The third-order valence-electron chi connectivity index (χ3n) is 1.87. The van der Waals surface area contributed by atoms with Gasteiger partial charge in [-0.25, -0.2) is 18.7 Å². The van der Waals surface area contributed by atoms with E-state index in [0.29, 0.717) is 0 Å². The first-order valence-corrected chi connectivity index (χ1v) is 4.97. The maximum Gasteiger partial charge on any atom is 0.224 e. The zero-order valence-corrected chi connectivity index (χ0v) is 9.23. The van der Waals surface area contributed by atoms with Gasteiger partial charge in [-0.05, 0) is 29.8 Å². The van der Waals surface area contributed by atoms with E-state index in [2.05, 4.69) is 9.97 Å². The Kier molecular flexibility index (Phi) is 3.03. The normalized spacial score (nSPS) is 10.5. The van der Waals surface area contributed by atoms with Gasteiger partial charge in [-0.3, -0.25) is 0 Å². The summed E-state index contributed by atoms with van der Waals surface area (Å²) in [5.74, 6) is -1.17. The van der Waals surface area contributed by atoms with Crippen LogP contribution in [0.25, 0.3) is 11.3 Å². The third-order valence-corrected chi connectivity index (χ3v) is 2.23. The highest BCUT2D eigenvalue weighted by Gasteiger charge is 2.10. The van der Waals surface area contributed by atoms with Crippen molar-refractivity contribution in [2.75, 3.05) is 0 Å². The van der Waals surface area contributed by atoms with Gasteiger partial charge in [0.25, 0.3) is 0 Å². The molecule has 0 aliphatic heterocycles. The molecular weight excluding hydrogens is 257 g/mol. The summed E-state index contributed by atoms with van der Waals surface area (Å²) < 4.78 is 26.4. The molecular formula is C10H4Cl2F2N2. The SMILES string of the molecule is Fc1ccc(F)c(-c2cc(Cl)nc(Cl)n2)c1. The lowest BCUT2D eigenvalue weighted by Crippen LogP contribution is -1.92. The third kappa shape index (κ3) is 2.28. The van der Waals surface area contributed by atoms with Crippen molar-refractivity contribution in [2.24, 2.45) is 0 Å². The first kappa shape index (κ1) is 11.2. The van der Waals surface area contributed by atoms with Crippen LogP contribution in [-0.2, 0) is 0 Å². The van der Waals surface area contributed by atoms with Crippen LogP contribution in [0.4, 0.5) is 8.78 Å². The van der Waals surface area contributed by atoms with Gasteiger partial charge >= 0.3 is 0 Å². The van der Waals surface area contributed by atoms with E-state index in [0.717, 1.165) is 18.2 Å². The Morgan fingerprint density at radius 2 is 1.75 bits per heavy atom. The Hall–Kier alpha value is -1.26. The highest BCUT2D eigenvalue weighted by Crippen LogP contribution is 2.24. The number of hydrogen-bond donors (Lipinski definition) is 0. The van der Waals surface area contributed by atoms with Crippen molar-refractivity contribution in [2.45, 2.75) is 0 Å². The Morgan fingerprint density at radius 1 is 1.00 bits per heavy atom. The summed E-state index contributed by atoms with van der Waals surface area (Å²) in [7, 11) is 0. The number of benzene rings is 1. The molecule has 0 fully saturated rings. The largest absolute Gasteiger partial charge is 0.224 e. The molecule has 1 aromatic carbocycles. The fourth-order valence-corrected chi connectivity index (χ4v) is 1.63. The van der Waals surface area contributed by atoms with Crippen molar-refractivity contribution in [3.63, 3.8) is 0 Å². The van der Waals surface area contributed by atoms with Crippen LogP contribution in [0.2, 0.25) is 10.4 Å². The van der Waals surface area contributed by atoms with E-state index in [1.807, 2.05) is 0 Å². The highest BCUT2D eigenvalue weighted by molar-refractivity contribution is 6.32. The first-order chi connectivity index (χ1) is 7.56. The van der Waals surface area contributed by atoms with Crippen LogP contribution in [-0.4, -0.2) is 9.97 Å². The standard InChI is InChI=1S/C10H4Cl2F2N2/c11-9-4-8(15-10(12)16-9)6-3-5(13)1-2-7(6)14/h1-4H. The minimum absolute atomic E-state index is 0.00815. The van der Waals surface area contributed by atoms with Crippen molar-refractivity contribution in [1.29, 1.82) is 0 Å². The molecule has 0 saturated carbocycles. The van der Waals surface area contributed by atoms with Gasteiger partial charge in [0.05, 0.1) is 5.69 Å². The highest BCUT2D eigenvalue weighted by atomic mass is 35.5. The fraction of sp³-hybridized carbons (Fsp3) is 0. The molecule has 0 amide bonds. The van der Waals surface area contributed by atoms with Crippen molar-refractivity contribution in [3.05, 3.63) is 46.3 Å². The van der Waals surface area contributed by atoms with Crippen LogP contribution < -0.4 is 0 Å². The number of halogens is 4. The summed E-state index contributed by atoms with van der Waals surface area (Å²) in [5.41, 5.74) is 0.133. The maximum atomic E-state index is 13.4. The van der Waals surface area contributed by atoms with Crippen LogP contribution in [0.3, 0.4) is 0 Å². The van der Waals surface area contributed by atoms with Gasteiger partial charge in [0, 0.05) is 11.6 Å². The summed E-state index contributed by atoms with van der Waals surface area (Å²) in [6.45, 7) is 0. The number of nitrogens with zero attached hydrogens (tertiary/aromatic N) is 2. The summed E-state index contributed by atoms with van der Waals surface area (Å²) in [6.07, 6.45) is 0. The average molecular weight is 261 g/mol. The summed E-state index contributed by atoms with van der Waals surface area (Å²) in [6, 6.07) is 4.35. The van der Waals surface area contributed by atoms with Crippen LogP contribution in [0, 0.1) is 11.6 Å². The van der Waals surface area contributed by atoms with Crippen LogP contribution in [0.15, 0.2) is 24.3 Å². The van der Waals surface area contributed by atoms with Gasteiger partial charge in [-0.1, -0.05) is 11.6 Å². The molecule has 0 saturated heterocycles. The molecule has 16 heavy (non-hydrogen) atoms. The molecule has 0 aliphatic rings. The lowest BCUT2D eigenvalue weighted by molar-refractivity contribution is 0.602. The second-order valence-electron chi connectivity index (χ2n) is 2.97. The molecule has 2 nitrogen and oxygen atoms in total. The van der Waals surface area contributed by atoms with E-state index in [1.54, 1.807) is 0 Å². The van der Waals surface area contributed by atoms with E-state index in [4.69, 9.17) is 23.2 Å². The maximum absolute atomic E-state index is 13.4. The van der Waals surface area contributed by atoms with E-state index in [9.17, 15) is 8.78 Å². The number of rotatable bonds is 1. The van der Waals surface area contributed by atoms with E-state index in [1.165, 1.54) is 6.07 Å². The molecule has 0 radical (unpaired) electrons. The van der Waals surface area contributed by atoms with Crippen LogP contribution in [0.5, 0.6) is 0 Å². The summed E-state index contributed by atoms with van der Waals surface area (Å²) in [5, 5.41) is -0.0511. The second-order valence-corrected chi connectivity index (χ2v) is 3.69. The molecule has 0 spiro atoms. The Morgan fingerprint density at radius 3 is 2.44 bits per heavy atom. The van der Waals surface area contributed by atoms with Crippen LogP contribution >= 0.6 is 23.2 Å². The van der Waals surface area contributed by atoms with Gasteiger partial charge in [0.2, 0.25) is 5.28 Å². The van der Waals surface area contributed by atoms with Gasteiger partial charge in [-0.15, -0.1) is 0 Å². The molecule has 1 heterocycles. The van der Waals surface area contributed by atoms with Crippen molar-refractivity contribution in [1.82, 2.24) is 9.97 Å². The molecule has 0 N–H and O–H groups in total. The molecule has 2 aromatic rings. The molecule has 0 atom stereocenters. The average Bonchev–Trinajstić information content (AvgIpc) is 2.20. The van der Waals surface area contributed by atoms with E-state index < -0.39 is 11.6 Å². The molecule has 1 aromatic heterocycles. The van der Waals surface area contributed by atoms with Crippen molar-refractivity contribution >= 4 is 23.2 Å².